The van der Waals surface area contributed by atoms with Gasteiger partial charge in [0.15, 0.2) is 17.4 Å². The van der Waals surface area contributed by atoms with Crippen LogP contribution in [0, 0.1) is 0 Å². The highest BCUT2D eigenvalue weighted by molar-refractivity contribution is 5.78. The van der Waals surface area contributed by atoms with Crippen LogP contribution >= 0.6 is 0 Å². The van der Waals surface area contributed by atoms with Crippen molar-refractivity contribution in [1.29, 1.82) is 0 Å². The molecular weight excluding hydrogens is 445 g/mol. The number of benzene rings is 1. The fourth-order valence-electron chi connectivity index (χ4n) is 3.96. The van der Waals surface area contributed by atoms with Gasteiger partial charge in [0.2, 0.25) is 0 Å². The highest BCUT2D eigenvalue weighted by Crippen LogP contribution is 2.17. The van der Waals surface area contributed by atoms with Crippen LogP contribution in [0.1, 0.15) is 22.8 Å². The highest BCUT2D eigenvalue weighted by Gasteiger charge is 2.01. The summed E-state index contributed by atoms with van der Waals surface area (Å²) in [7, 11) is 0. The van der Waals surface area contributed by atoms with Gasteiger partial charge in [-0.05, 0) is 85.0 Å². The maximum absolute atomic E-state index is 4.63. The molecule has 7 rings (SSSR count). The molecule has 0 saturated heterocycles. The zero-order valence-corrected chi connectivity index (χ0v) is 18.3. The number of pyridine rings is 1. The molecule has 0 spiro atoms. The predicted molar refractivity (Wildman–Crippen MR) is 151 cm³/mol. The molecule has 5 aromatic rings. The van der Waals surface area contributed by atoms with Gasteiger partial charge in [0.1, 0.15) is 0 Å². The number of aromatic nitrogens is 5. The van der Waals surface area contributed by atoms with E-state index in [4.69, 9.17) is 0 Å². The lowest BCUT2D eigenvalue weighted by Crippen LogP contribution is -1.75. The maximum Gasteiger partial charge on any atom is 0.187 e. The van der Waals surface area contributed by atoms with Crippen molar-refractivity contribution in [3.05, 3.63) is 114 Å². The van der Waals surface area contributed by atoms with Gasteiger partial charge in [-0.1, -0.05) is 24.3 Å². The molecule has 6 heteroatoms. The van der Waals surface area contributed by atoms with Gasteiger partial charge in [0.25, 0.3) is 0 Å². The Kier molecular flexibility index (Phi) is 6.41. The number of nitrogens with one attached hydrogen (secondary N) is 2. The molecule has 0 aliphatic carbocycles. The molecule has 0 radical (unpaired) electrons. The third kappa shape index (κ3) is 5.30. The minimum Gasteiger partial charge on any atom is -0.355 e. The summed E-state index contributed by atoms with van der Waals surface area (Å²) in [6, 6.07) is 28.4. The van der Waals surface area contributed by atoms with Gasteiger partial charge in [-0.3, -0.25) is 4.98 Å². The fraction of sp³-hybridized carbons (Fsp3) is 0. The van der Waals surface area contributed by atoms with Crippen molar-refractivity contribution in [3.8, 4) is 0 Å². The monoisotopic (exact) mass is 469 g/mol. The number of hydrogen-bond acceptors (Lipinski definition) is 3. The van der Waals surface area contributed by atoms with E-state index in [1.165, 1.54) is 5.39 Å². The van der Waals surface area contributed by atoms with E-state index in [9.17, 15) is 0 Å². The first-order valence-electron chi connectivity index (χ1n) is 11.1. The molecule has 2 N–H and O–H groups in total. The normalized spacial score (nSPS) is 11.5. The van der Waals surface area contributed by atoms with Crippen molar-refractivity contribution in [3.63, 3.8) is 0 Å². The van der Waals surface area contributed by atoms with Gasteiger partial charge in [-0.2, -0.15) is 0 Å². The molecule has 35 heavy (non-hydrogen) atoms. The van der Waals surface area contributed by atoms with E-state index in [0.29, 0.717) is 0 Å². The molecule has 168 valence electrons. The topological polar surface area (TPSA) is 70.2 Å². The Morgan fingerprint density at radius 3 is 1.37 bits per heavy atom. The minimum atomic E-state index is 0. The number of fused-ring (bicyclic) bond motifs is 9. The van der Waals surface area contributed by atoms with Crippen LogP contribution in [-0.2, 0) is 0 Å². The zero-order chi connectivity index (χ0) is 22.7. The van der Waals surface area contributed by atoms with Gasteiger partial charge >= 0.3 is 0 Å². The Hall–Kier alpha value is -4.24. The van der Waals surface area contributed by atoms with E-state index < -0.39 is 0 Å². The molecule has 0 unspecified atom stereocenters. The number of rotatable bonds is 0. The maximum atomic E-state index is 4.63. The van der Waals surface area contributed by atoms with Crippen LogP contribution in [0.3, 0.4) is 0 Å². The Balaban J connectivity index is 0.000000194. The van der Waals surface area contributed by atoms with Gasteiger partial charge in [-0.15, -0.1) is 0 Å². The predicted octanol–water partition coefficient (Wildman–Crippen LogP) is 5.71. The highest BCUT2D eigenvalue weighted by atomic mass is 27.0. The van der Waals surface area contributed by atoms with Crippen LogP contribution in [-0.4, -0.2) is 42.3 Å². The van der Waals surface area contributed by atoms with Crippen LogP contribution in [0.15, 0.2) is 91.1 Å². The Bertz CT molecular complexity index is 1490. The molecular formula is C29H24AlN5. The molecule has 0 saturated carbocycles. The number of nitrogens with zero attached hydrogens (tertiary/aromatic N) is 3. The number of H-pyrrole nitrogens is 2. The molecule has 8 bridgehead atoms. The van der Waals surface area contributed by atoms with Crippen LogP contribution in [0.5, 0.6) is 0 Å². The van der Waals surface area contributed by atoms with Crippen molar-refractivity contribution in [2.24, 2.45) is 0 Å². The SMILES string of the molecule is C1=Cc2cc3ccc(cc4nc(cc5ccc(cc1n2)[nH]5)C=C4)[nH]3.[AlH3].c1ccc2ncccc2c1. The fourth-order valence-corrected chi connectivity index (χ4v) is 3.96. The largest absolute Gasteiger partial charge is 0.355 e. The van der Waals surface area contributed by atoms with Crippen molar-refractivity contribution in [2.45, 2.75) is 0 Å². The van der Waals surface area contributed by atoms with Gasteiger partial charge in [0, 0.05) is 33.6 Å². The lowest BCUT2D eigenvalue weighted by atomic mass is 10.2. The Morgan fingerprint density at radius 1 is 0.486 bits per heavy atom. The van der Waals surface area contributed by atoms with Crippen molar-refractivity contribution in [1.82, 2.24) is 24.9 Å². The molecule has 2 aliphatic rings. The molecule has 0 fully saturated rings. The Morgan fingerprint density at radius 2 is 0.914 bits per heavy atom. The van der Waals surface area contributed by atoms with E-state index in [1.807, 2.05) is 79.0 Å². The van der Waals surface area contributed by atoms with Crippen molar-refractivity contribution < 1.29 is 0 Å². The average Bonchev–Trinajstić information content (AvgIpc) is 3.66. The molecule has 6 heterocycles. The Labute approximate surface area is 213 Å². The van der Waals surface area contributed by atoms with Crippen LogP contribution in [0.2, 0.25) is 0 Å². The zero-order valence-electron chi connectivity index (χ0n) is 18.3. The lowest BCUT2D eigenvalue weighted by molar-refractivity contribution is 1.31. The average molecular weight is 470 g/mol. The van der Waals surface area contributed by atoms with E-state index in [-0.39, 0.29) is 17.4 Å². The summed E-state index contributed by atoms with van der Waals surface area (Å²) in [6.07, 6.45) is 9.90. The smallest absolute Gasteiger partial charge is 0.187 e. The first-order valence-corrected chi connectivity index (χ1v) is 11.1. The molecule has 2 aliphatic heterocycles. The van der Waals surface area contributed by atoms with Crippen molar-refractivity contribution >= 4 is 74.6 Å². The summed E-state index contributed by atoms with van der Waals surface area (Å²) in [5.74, 6) is 0. The standard InChI is InChI=1S/C20H14N4.C9H7N.Al.3H/c1-2-14-10-16-5-6-18(23-16)12-20-8-7-19(24-20)11-17-4-3-15(22-17)9-13(1)21-14;1-2-6-9-8(4-1)5-3-7-10-9;;;;/h1-12,21,24H;1-7H;;;;. The van der Waals surface area contributed by atoms with E-state index >= 15 is 0 Å². The van der Waals surface area contributed by atoms with E-state index in [2.05, 4.69) is 61.3 Å². The van der Waals surface area contributed by atoms with Gasteiger partial charge in [-0.25, -0.2) is 9.97 Å². The summed E-state index contributed by atoms with van der Waals surface area (Å²) < 4.78 is 0. The summed E-state index contributed by atoms with van der Waals surface area (Å²) in [4.78, 5) is 20.2. The molecule has 0 atom stereocenters. The molecule has 5 nitrogen and oxygen atoms in total. The number of aromatic amines is 2. The minimum absolute atomic E-state index is 0. The third-order valence-corrected chi connectivity index (χ3v) is 5.55. The molecule has 0 amide bonds. The van der Waals surface area contributed by atoms with Crippen molar-refractivity contribution in [2.75, 3.05) is 0 Å². The van der Waals surface area contributed by atoms with Gasteiger partial charge < -0.3 is 9.97 Å². The van der Waals surface area contributed by atoms with Crippen LogP contribution < -0.4 is 0 Å². The second-order valence-corrected chi connectivity index (χ2v) is 8.10. The third-order valence-electron chi connectivity index (χ3n) is 5.55. The summed E-state index contributed by atoms with van der Waals surface area (Å²) in [6.45, 7) is 0. The van der Waals surface area contributed by atoms with Crippen LogP contribution in [0.25, 0.3) is 57.3 Å². The van der Waals surface area contributed by atoms with E-state index in [1.54, 1.807) is 0 Å². The summed E-state index contributed by atoms with van der Waals surface area (Å²) in [5.41, 5.74) is 8.92. The van der Waals surface area contributed by atoms with Gasteiger partial charge in [0.05, 0.1) is 28.3 Å². The quantitative estimate of drug-likeness (QED) is 0.280. The first-order chi connectivity index (χ1) is 16.8. The van der Waals surface area contributed by atoms with E-state index in [0.717, 1.165) is 50.4 Å². The second-order valence-electron chi connectivity index (χ2n) is 8.10. The summed E-state index contributed by atoms with van der Waals surface area (Å²) >= 11 is 0. The first kappa shape index (κ1) is 22.5. The summed E-state index contributed by atoms with van der Waals surface area (Å²) in [5, 5.41) is 1.20. The number of para-hydroxylation sites is 1. The number of hydrogen-bond donors (Lipinski definition) is 2. The lowest BCUT2D eigenvalue weighted by Gasteiger charge is -1.91. The molecule has 1 aromatic carbocycles. The molecule has 4 aromatic heterocycles. The van der Waals surface area contributed by atoms with Crippen LogP contribution in [0.4, 0.5) is 0 Å². The second kappa shape index (κ2) is 9.94.